The number of pyridine rings is 1. The molecule has 4 heteroatoms. The molecule has 18 heavy (non-hydrogen) atoms. The van der Waals surface area contributed by atoms with Crippen molar-refractivity contribution in [3.05, 3.63) is 41.2 Å². The van der Waals surface area contributed by atoms with E-state index in [-0.39, 0.29) is 5.91 Å². The van der Waals surface area contributed by atoms with Crippen molar-refractivity contribution in [3.8, 4) is 0 Å². The Kier molecular flexibility index (Phi) is 3.82. The van der Waals surface area contributed by atoms with E-state index >= 15 is 0 Å². The maximum atomic E-state index is 12.4. The first kappa shape index (κ1) is 12.8. The van der Waals surface area contributed by atoms with Gasteiger partial charge in [-0.25, -0.2) is 4.98 Å². The molecule has 1 aromatic carbocycles. The third kappa shape index (κ3) is 2.18. The predicted octanol–water partition coefficient (Wildman–Crippen LogP) is 3.37. The van der Waals surface area contributed by atoms with Gasteiger partial charge < -0.3 is 4.90 Å². The number of rotatable bonds is 3. The van der Waals surface area contributed by atoms with Crippen LogP contribution in [0.15, 0.2) is 30.5 Å². The van der Waals surface area contributed by atoms with Crippen LogP contribution in [0.5, 0.6) is 0 Å². The van der Waals surface area contributed by atoms with Crippen LogP contribution in [0.2, 0.25) is 5.15 Å². The number of carbonyl (C=O) groups is 1. The summed E-state index contributed by atoms with van der Waals surface area (Å²) in [5, 5.41) is 2.10. The van der Waals surface area contributed by atoms with Gasteiger partial charge in [0.2, 0.25) is 0 Å². The second-order valence-electron chi connectivity index (χ2n) is 3.99. The maximum Gasteiger partial charge on any atom is 0.256 e. The van der Waals surface area contributed by atoms with Gasteiger partial charge in [-0.3, -0.25) is 4.79 Å². The number of amides is 1. The Morgan fingerprint density at radius 1 is 1.22 bits per heavy atom. The minimum Gasteiger partial charge on any atom is -0.339 e. The zero-order valence-corrected chi connectivity index (χ0v) is 11.2. The van der Waals surface area contributed by atoms with Gasteiger partial charge in [-0.05, 0) is 19.2 Å². The summed E-state index contributed by atoms with van der Waals surface area (Å²) in [5.41, 5.74) is 0.610. The largest absolute Gasteiger partial charge is 0.339 e. The summed E-state index contributed by atoms with van der Waals surface area (Å²) in [6, 6.07) is 7.57. The smallest absolute Gasteiger partial charge is 0.256 e. The molecule has 0 N–H and O–H groups in total. The fraction of sp³-hybridized carbons (Fsp3) is 0.286. The topological polar surface area (TPSA) is 33.2 Å². The van der Waals surface area contributed by atoms with Crippen LogP contribution in [-0.4, -0.2) is 28.9 Å². The molecular weight excluding hydrogens is 248 g/mol. The summed E-state index contributed by atoms with van der Waals surface area (Å²) in [6.07, 6.45) is 1.56. The van der Waals surface area contributed by atoms with Crippen LogP contribution in [0.4, 0.5) is 0 Å². The molecule has 0 aliphatic carbocycles. The molecule has 0 aliphatic rings. The van der Waals surface area contributed by atoms with E-state index in [1.165, 1.54) is 0 Å². The van der Waals surface area contributed by atoms with Crippen LogP contribution in [0.3, 0.4) is 0 Å². The average molecular weight is 263 g/mol. The molecule has 3 nitrogen and oxygen atoms in total. The van der Waals surface area contributed by atoms with Gasteiger partial charge in [0.15, 0.2) is 0 Å². The van der Waals surface area contributed by atoms with Crippen LogP contribution in [0.25, 0.3) is 10.8 Å². The van der Waals surface area contributed by atoms with Crippen molar-refractivity contribution in [2.24, 2.45) is 0 Å². The summed E-state index contributed by atoms with van der Waals surface area (Å²) in [5.74, 6) is 0.000340. The van der Waals surface area contributed by atoms with E-state index in [0.29, 0.717) is 23.8 Å². The first-order valence-corrected chi connectivity index (χ1v) is 6.39. The number of aromatic nitrogens is 1. The van der Waals surface area contributed by atoms with Crippen LogP contribution in [0, 0.1) is 0 Å². The highest BCUT2D eigenvalue weighted by Gasteiger charge is 2.16. The molecule has 0 fully saturated rings. The van der Waals surface area contributed by atoms with Gasteiger partial charge >= 0.3 is 0 Å². The molecule has 0 bridgehead atoms. The highest BCUT2D eigenvalue weighted by Crippen LogP contribution is 2.24. The van der Waals surface area contributed by atoms with Crippen molar-refractivity contribution >= 4 is 28.3 Å². The lowest BCUT2D eigenvalue weighted by Crippen LogP contribution is -2.30. The summed E-state index contributed by atoms with van der Waals surface area (Å²) in [4.78, 5) is 18.2. The van der Waals surface area contributed by atoms with Gasteiger partial charge in [-0.1, -0.05) is 35.9 Å². The van der Waals surface area contributed by atoms with E-state index in [4.69, 9.17) is 11.6 Å². The van der Waals surface area contributed by atoms with Gasteiger partial charge in [0, 0.05) is 24.7 Å². The lowest BCUT2D eigenvalue weighted by atomic mass is 10.1. The number of nitrogens with zero attached hydrogens (tertiary/aromatic N) is 2. The Morgan fingerprint density at radius 3 is 2.44 bits per heavy atom. The third-order valence-electron chi connectivity index (χ3n) is 3.03. The molecule has 2 rings (SSSR count). The highest BCUT2D eigenvalue weighted by molar-refractivity contribution is 6.34. The van der Waals surface area contributed by atoms with Gasteiger partial charge in [-0.2, -0.15) is 0 Å². The summed E-state index contributed by atoms with van der Waals surface area (Å²) >= 11 is 6.05. The number of carbonyl (C=O) groups excluding carboxylic acids is 1. The lowest BCUT2D eigenvalue weighted by molar-refractivity contribution is 0.0774. The molecule has 0 radical (unpaired) electrons. The second-order valence-corrected chi connectivity index (χ2v) is 4.34. The van der Waals surface area contributed by atoms with Crippen molar-refractivity contribution in [2.75, 3.05) is 13.1 Å². The number of fused-ring (bicyclic) bond motifs is 1. The predicted molar refractivity (Wildman–Crippen MR) is 74.0 cm³/mol. The van der Waals surface area contributed by atoms with Crippen LogP contribution in [-0.2, 0) is 0 Å². The molecule has 0 unspecified atom stereocenters. The molecule has 1 heterocycles. The monoisotopic (exact) mass is 262 g/mol. The standard InChI is InChI=1S/C14H15ClN2O/c1-3-17(4-2)14(18)12-9-16-13(15)11-8-6-5-7-10(11)12/h5-9H,3-4H2,1-2H3. The van der Waals surface area contributed by atoms with Crippen molar-refractivity contribution in [3.63, 3.8) is 0 Å². The minimum absolute atomic E-state index is 0.000340. The Morgan fingerprint density at radius 2 is 1.83 bits per heavy atom. The molecule has 2 aromatic rings. The molecule has 0 saturated heterocycles. The maximum absolute atomic E-state index is 12.4. The van der Waals surface area contributed by atoms with Crippen LogP contribution >= 0.6 is 11.6 Å². The van der Waals surface area contributed by atoms with Crippen molar-refractivity contribution in [1.82, 2.24) is 9.88 Å². The summed E-state index contributed by atoms with van der Waals surface area (Å²) in [7, 11) is 0. The molecule has 1 aromatic heterocycles. The van der Waals surface area contributed by atoms with Gasteiger partial charge in [-0.15, -0.1) is 0 Å². The molecule has 0 saturated carbocycles. The van der Waals surface area contributed by atoms with E-state index in [9.17, 15) is 4.79 Å². The Labute approximate surface area is 111 Å². The lowest BCUT2D eigenvalue weighted by Gasteiger charge is -2.19. The zero-order chi connectivity index (χ0) is 13.1. The van der Waals surface area contributed by atoms with E-state index in [1.54, 1.807) is 11.1 Å². The van der Waals surface area contributed by atoms with Gasteiger partial charge in [0.25, 0.3) is 5.91 Å². The zero-order valence-electron chi connectivity index (χ0n) is 10.5. The summed E-state index contributed by atoms with van der Waals surface area (Å²) < 4.78 is 0. The van der Waals surface area contributed by atoms with Gasteiger partial charge in [0.1, 0.15) is 5.15 Å². The number of hydrogen-bond acceptors (Lipinski definition) is 2. The fourth-order valence-corrected chi connectivity index (χ4v) is 2.22. The number of hydrogen-bond donors (Lipinski definition) is 0. The Balaban J connectivity index is 2.58. The normalized spacial score (nSPS) is 10.6. The number of halogens is 1. The van der Waals surface area contributed by atoms with E-state index in [1.807, 2.05) is 38.1 Å². The van der Waals surface area contributed by atoms with E-state index < -0.39 is 0 Å². The van der Waals surface area contributed by atoms with Gasteiger partial charge in [0.05, 0.1) is 5.56 Å². The molecule has 0 aliphatic heterocycles. The number of benzene rings is 1. The highest BCUT2D eigenvalue weighted by atomic mass is 35.5. The van der Waals surface area contributed by atoms with Crippen molar-refractivity contribution in [1.29, 1.82) is 0 Å². The van der Waals surface area contributed by atoms with E-state index in [2.05, 4.69) is 4.98 Å². The SMILES string of the molecule is CCN(CC)C(=O)c1cnc(Cl)c2ccccc12. The average Bonchev–Trinajstić information content (AvgIpc) is 2.41. The minimum atomic E-state index is 0.000340. The molecular formula is C14H15ClN2O. The van der Waals surface area contributed by atoms with E-state index in [0.717, 1.165) is 10.8 Å². The molecule has 1 amide bonds. The van der Waals surface area contributed by atoms with Crippen molar-refractivity contribution in [2.45, 2.75) is 13.8 Å². The molecule has 94 valence electrons. The Bertz CT molecular complexity index is 579. The van der Waals surface area contributed by atoms with Crippen LogP contribution in [0.1, 0.15) is 24.2 Å². The molecule has 0 spiro atoms. The third-order valence-corrected chi connectivity index (χ3v) is 3.33. The van der Waals surface area contributed by atoms with Crippen LogP contribution < -0.4 is 0 Å². The second kappa shape index (κ2) is 5.36. The van der Waals surface area contributed by atoms with Crippen molar-refractivity contribution < 1.29 is 4.79 Å². The summed E-state index contributed by atoms with van der Waals surface area (Å²) in [6.45, 7) is 5.30. The quantitative estimate of drug-likeness (QED) is 0.795. The fourth-order valence-electron chi connectivity index (χ4n) is 2.01. The Hall–Kier alpha value is -1.61. The first-order valence-electron chi connectivity index (χ1n) is 6.01. The first-order chi connectivity index (χ1) is 8.69. The molecule has 0 atom stereocenters.